The van der Waals surface area contributed by atoms with Crippen LogP contribution >= 0.6 is 0 Å². The molecule has 2 rings (SSSR count). The minimum absolute atomic E-state index is 0.180. The minimum atomic E-state index is 0.180. The van der Waals surface area contributed by atoms with Crippen molar-refractivity contribution in [1.82, 2.24) is 4.98 Å². The van der Waals surface area contributed by atoms with Gasteiger partial charge >= 0.3 is 0 Å². The SMILES string of the molecule is CCc1nc(C#N)c(N/N=C\c2ccc(O)cc2)o1. The molecule has 1 aromatic carbocycles. The first kappa shape index (κ1) is 12.6. The molecule has 1 heterocycles. The van der Waals surface area contributed by atoms with Gasteiger partial charge in [-0.1, -0.05) is 6.92 Å². The lowest BCUT2D eigenvalue weighted by molar-refractivity contribution is 0.475. The monoisotopic (exact) mass is 256 g/mol. The van der Waals surface area contributed by atoms with Gasteiger partial charge in [-0.2, -0.15) is 10.4 Å². The van der Waals surface area contributed by atoms with Crippen LogP contribution in [-0.2, 0) is 6.42 Å². The van der Waals surface area contributed by atoms with Gasteiger partial charge in [0, 0.05) is 6.42 Å². The van der Waals surface area contributed by atoms with Crippen LogP contribution in [0.1, 0.15) is 24.1 Å². The van der Waals surface area contributed by atoms with Gasteiger partial charge in [-0.3, -0.25) is 0 Å². The second-order valence-electron chi connectivity index (χ2n) is 3.71. The molecule has 2 aromatic rings. The number of benzene rings is 1. The van der Waals surface area contributed by atoms with Gasteiger partial charge in [0.1, 0.15) is 11.8 Å². The Morgan fingerprint density at radius 3 is 2.84 bits per heavy atom. The number of nitrogens with one attached hydrogen (secondary N) is 1. The van der Waals surface area contributed by atoms with E-state index in [1.165, 1.54) is 0 Å². The zero-order valence-corrected chi connectivity index (χ0v) is 10.3. The molecular formula is C13H12N4O2. The van der Waals surface area contributed by atoms with Gasteiger partial charge in [-0.25, -0.2) is 10.4 Å². The first-order valence-electron chi connectivity index (χ1n) is 5.71. The summed E-state index contributed by atoms with van der Waals surface area (Å²) in [7, 11) is 0. The molecule has 0 atom stereocenters. The first-order valence-corrected chi connectivity index (χ1v) is 5.71. The van der Waals surface area contributed by atoms with E-state index in [9.17, 15) is 0 Å². The van der Waals surface area contributed by atoms with Crippen LogP contribution in [0.2, 0.25) is 0 Å². The number of nitrogens with zero attached hydrogens (tertiary/aromatic N) is 3. The normalized spacial score (nSPS) is 10.5. The smallest absolute Gasteiger partial charge is 0.252 e. The summed E-state index contributed by atoms with van der Waals surface area (Å²) in [6, 6.07) is 8.48. The number of oxazole rings is 1. The van der Waals surface area contributed by atoms with Gasteiger partial charge in [0.25, 0.3) is 5.88 Å². The van der Waals surface area contributed by atoms with Crippen LogP contribution in [0.5, 0.6) is 5.75 Å². The quantitative estimate of drug-likeness (QED) is 0.646. The molecule has 6 nitrogen and oxygen atoms in total. The van der Waals surface area contributed by atoms with Gasteiger partial charge in [-0.05, 0) is 29.8 Å². The molecule has 0 saturated carbocycles. The van der Waals surface area contributed by atoms with Crippen LogP contribution in [0.3, 0.4) is 0 Å². The fourth-order valence-corrected chi connectivity index (χ4v) is 1.39. The highest BCUT2D eigenvalue weighted by Gasteiger charge is 2.10. The van der Waals surface area contributed by atoms with Gasteiger partial charge in [0.15, 0.2) is 5.89 Å². The number of phenolic OH excluding ortho intramolecular Hbond substituents is 1. The molecule has 0 spiro atoms. The summed E-state index contributed by atoms with van der Waals surface area (Å²) in [6.45, 7) is 1.89. The number of anilines is 1. The zero-order chi connectivity index (χ0) is 13.7. The van der Waals surface area contributed by atoms with E-state index in [1.54, 1.807) is 30.5 Å². The van der Waals surface area contributed by atoms with E-state index in [0.717, 1.165) is 5.56 Å². The van der Waals surface area contributed by atoms with E-state index in [4.69, 9.17) is 14.8 Å². The maximum atomic E-state index is 9.14. The molecule has 6 heteroatoms. The lowest BCUT2D eigenvalue weighted by atomic mass is 10.2. The molecule has 0 fully saturated rings. The number of hydrogen-bond acceptors (Lipinski definition) is 6. The number of nitriles is 1. The van der Waals surface area contributed by atoms with Crippen molar-refractivity contribution in [1.29, 1.82) is 5.26 Å². The molecule has 0 aliphatic rings. The molecule has 0 aliphatic carbocycles. The number of hydrogen-bond donors (Lipinski definition) is 2. The number of aryl methyl sites for hydroxylation is 1. The maximum absolute atomic E-state index is 9.14. The molecule has 0 saturated heterocycles. The Hall–Kier alpha value is -2.81. The molecule has 96 valence electrons. The number of aromatic nitrogens is 1. The summed E-state index contributed by atoms with van der Waals surface area (Å²) in [4.78, 5) is 3.99. The Balaban J connectivity index is 2.08. The lowest BCUT2D eigenvalue weighted by Crippen LogP contribution is -1.91. The molecular weight excluding hydrogens is 244 g/mol. The lowest BCUT2D eigenvalue weighted by Gasteiger charge is -1.95. The Labute approximate surface area is 110 Å². The Morgan fingerprint density at radius 2 is 2.21 bits per heavy atom. The fraction of sp³-hybridized carbons (Fsp3) is 0.154. The fourth-order valence-electron chi connectivity index (χ4n) is 1.39. The van der Waals surface area contributed by atoms with E-state index < -0.39 is 0 Å². The van der Waals surface area contributed by atoms with Crippen molar-refractivity contribution in [3.63, 3.8) is 0 Å². The van der Waals surface area contributed by atoms with Crippen LogP contribution in [0, 0.1) is 11.3 Å². The molecule has 0 radical (unpaired) electrons. The molecule has 2 N–H and O–H groups in total. The van der Waals surface area contributed by atoms with Crippen molar-refractivity contribution in [3.05, 3.63) is 41.4 Å². The average molecular weight is 256 g/mol. The summed E-state index contributed by atoms with van der Waals surface area (Å²) in [6.07, 6.45) is 2.16. The van der Waals surface area contributed by atoms with Crippen LogP contribution in [0.4, 0.5) is 5.88 Å². The number of rotatable bonds is 4. The third-order valence-corrected chi connectivity index (χ3v) is 2.35. The molecule has 1 aromatic heterocycles. The molecule has 19 heavy (non-hydrogen) atoms. The zero-order valence-electron chi connectivity index (χ0n) is 10.3. The predicted molar refractivity (Wildman–Crippen MR) is 69.9 cm³/mol. The Morgan fingerprint density at radius 1 is 1.47 bits per heavy atom. The maximum Gasteiger partial charge on any atom is 0.252 e. The largest absolute Gasteiger partial charge is 0.508 e. The van der Waals surface area contributed by atoms with Crippen molar-refractivity contribution in [2.24, 2.45) is 5.10 Å². The van der Waals surface area contributed by atoms with Crippen molar-refractivity contribution in [2.45, 2.75) is 13.3 Å². The number of hydrazone groups is 1. The summed E-state index contributed by atoms with van der Waals surface area (Å²) in [5.41, 5.74) is 3.62. The summed E-state index contributed by atoms with van der Waals surface area (Å²) >= 11 is 0. The molecule has 0 bridgehead atoms. The van der Waals surface area contributed by atoms with Crippen molar-refractivity contribution < 1.29 is 9.52 Å². The van der Waals surface area contributed by atoms with Crippen LogP contribution in [0.15, 0.2) is 33.8 Å². The van der Waals surface area contributed by atoms with Gasteiger partial charge < -0.3 is 9.52 Å². The molecule has 0 aliphatic heterocycles. The van der Waals surface area contributed by atoms with Crippen molar-refractivity contribution in [3.8, 4) is 11.8 Å². The minimum Gasteiger partial charge on any atom is -0.508 e. The summed E-state index contributed by atoms with van der Waals surface area (Å²) < 4.78 is 5.31. The van der Waals surface area contributed by atoms with Gasteiger partial charge in [0.05, 0.1) is 6.21 Å². The highest BCUT2D eigenvalue weighted by Crippen LogP contribution is 2.16. The van der Waals surface area contributed by atoms with E-state index in [2.05, 4.69) is 15.5 Å². The van der Waals surface area contributed by atoms with Gasteiger partial charge in [-0.15, -0.1) is 0 Å². The number of phenols is 1. The highest BCUT2D eigenvalue weighted by atomic mass is 16.4. The van der Waals surface area contributed by atoms with Crippen LogP contribution in [-0.4, -0.2) is 16.3 Å². The van der Waals surface area contributed by atoms with E-state index in [1.807, 2.05) is 13.0 Å². The van der Waals surface area contributed by atoms with E-state index >= 15 is 0 Å². The standard InChI is InChI=1S/C13H12N4O2/c1-2-12-16-11(7-14)13(19-12)17-15-8-9-3-5-10(18)6-4-9/h3-6,8,17-18H,2H2,1H3/b15-8-. The number of aromatic hydroxyl groups is 1. The highest BCUT2D eigenvalue weighted by molar-refractivity contribution is 5.80. The van der Waals surface area contributed by atoms with Crippen LogP contribution in [0.25, 0.3) is 0 Å². The second-order valence-corrected chi connectivity index (χ2v) is 3.71. The first-order chi connectivity index (χ1) is 9.22. The van der Waals surface area contributed by atoms with Crippen molar-refractivity contribution in [2.75, 3.05) is 5.43 Å². The summed E-state index contributed by atoms with van der Waals surface area (Å²) in [5, 5.41) is 22.0. The Kier molecular flexibility index (Phi) is 3.78. The Bertz CT molecular complexity index is 623. The summed E-state index contributed by atoms with van der Waals surface area (Å²) in [5.74, 6) is 0.910. The second kappa shape index (κ2) is 5.69. The molecule has 0 amide bonds. The third kappa shape index (κ3) is 3.10. The third-order valence-electron chi connectivity index (χ3n) is 2.35. The van der Waals surface area contributed by atoms with E-state index in [0.29, 0.717) is 12.3 Å². The van der Waals surface area contributed by atoms with Gasteiger partial charge in [0.2, 0.25) is 5.69 Å². The predicted octanol–water partition coefficient (Wildman–Crippen LogP) is 2.26. The van der Waals surface area contributed by atoms with E-state index in [-0.39, 0.29) is 17.3 Å². The van der Waals surface area contributed by atoms with Crippen molar-refractivity contribution >= 4 is 12.1 Å². The van der Waals surface area contributed by atoms with Crippen LogP contribution < -0.4 is 5.43 Å². The topological polar surface area (TPSA) is 94.4 Å². The average Bonchev–Trinajstić information content (AvgIpc) is 2.83. The molecule has 0 unspecified atom stereocenters.